The summed E-state index contributed by atoms with van der Waals surface area (Å²) in [4.78, 5) is 10.5. The highest BCUT2D eigenvalue weighted by Gasteiger charge is 2.32. The fraction of sp³-hybridized carbons (Fsp3) is 0.294. The van der Waals surface area contributed by atoms with E-state index >= 15 is 0 Å². The Balaban J connectivity index is 1.92. The van der Waals surface area contributed by atoms with Gasteiger partial charge >= 0.3 is 0 Å². The molecule has 138 valence electrons. The number of hydrogen-bond donors (Lipinski definition) is 1. The third kappa shape index (κ3) is 3.43. The minimum absolute atomic E-state index is 0.0522. The average Bonchev–Trinajstić information content (AvgIpc) is 3.06. The van der Waals surface area contributed by atoms with Crippen LogP contribution in [0, 0.1) is 27.6 Å². The summed E-state index contributed by atoms with van der Waals surface area (Å²) in [5, 5.41) is 14.2. The van der Waals surface area contributed by atoms with Crippen LogP contribution in [0.3, 0.4) is 0 Å². The van der Waals surface area contributed by atoms with E-state index in [1.807, 2.05) is 0 Å². The first-order valence-corrected chi connectivity index (χ1v) is 7.75. The first-order valence-electron chi connectivity index (χ1n) is 7.75. The molecule has 1 aliphatic rings. The molecule has 1 aliphatic heterocycles. The lowest BCUT2D eigenvalue weighted by molar-refractivity contribution is -0.384. The topological polar surface area (TPSA) is 73.6 Å². The van der Waals surface area contributed by atoms with Crippen molar-refractivity contribution in [2.24, 2.45) is 0 Å². The maximum atomic E-state index is 13.8. The van der Waals surface area contributed by atoms with E-state index < -0.39 is 40.2 Å². The Morgan fingerprint density at radius 3 is 2.62 bits per heavy atom. The van der Waals surface area contributed by atoms with Crippen LogP contribution in [0.15, 0.2) is 30.3 Å². The highest BCUT2D eigenvalue weighted by atomic mass is 19.2. The van der Waals surface area contributed by atoms with E-state index in [1.54, 1.807) is 0 Å². The molecule has 0 saturated carbocycles. The van der Waals surface area contributed by atoms with Gasteiger partial charge in [0, 0.05) is 12.7 Å². The van der Waals surface area contributed by atoms with Crippen LogP contribution in [0.25, 0.3) is 0 Å². The molecule has 2 atom stereocenters. The van der Waals surface area contributed by atoms with E-state index in [1.165, 1.54) is 19.2 Å². The number of nitrogens with one attached hydrogen (secondary N) is 1. The van der Waals surface area contributed by atoms with E-state index in [9.17, 15) is 23.3 Å². The van der Waals surface area contributed by atoms with Crippen molar-refractivity contribution in [2.45, 2.75) is 18.6 Å². The van der Waals surface area contributed by atoms with E-state index in [0.717, 1.165) is 18.2 Å². The summed E-state index contributed by atoms with van der Waals surface area (Å²) in [7, 11) is 1.25. The normalized spacial score (nSPS) is 19.4. The quantitative estimate of drug-likeness (QED) is 0.639. The van der Waals surface area contributed by atoms with Crippen LogP contribution >= 0.6 is 0 Å². The molecule has 0 amide bonds. The Hall–Kier alpha value is -2.81. The molecule has 1 fully saturated rings. The van der Waals surface area contributed by atoms with Gasteiger partial charge < -0.3 is 14.8 Å². The smallest absolute Gasteiger partial charge is 0.295 e. The van der Waals surface area contributed by atoms with Gasteiger partial charge in [-0.25, -0.2) is 13.2 Å². The zero-order valence-electron chi connectivity index (χ0n) is 13.7. The number of nitrogens with zero attached hydrogens (tertiary/aromatic N) is 1. The van der Waals surface area contributed by atoms with E-state index in [2.05, 4.69) is 5.32 Å². The maximum Gasteiger partial charge on any atom is 0.295 e. The Labute approximate surface area is 146 Å². The van der Waals surface area contributed by atoms with Crippen LogP contribution in [-0.2, 0) is 4.74 Å². The monoisotopic (exact) mass is 368 g/mol. The lowest BCUT2D eigenvalue weighted by Crippen LogP contribution is -2.24. The molecule has 0 spiro atoms. The predicted octanol–water partition coefficient (Wildman–Crippen LogP) is 3.96. The van der Waals surface area contributed by atoms with Crippen molar-refractivity contribution in [1.82, 2.24) is 0 Å². The molecular formula is C17H15F3N2O4. The Bertz CT molecular complexity index is 847. The average molecular weight is 368 g/mol. The van der Waals surface area contributed by atoms with Gasteiger partial charge in [-0.05, 0) is 24.1 Å². The summed E-state index contributed by atoms with van der Waals surface area (Å²) in [5.41, 5.74) is -0.00815. The van der Waals surface area contributed by atoms with Crippen LogP contribution in [-0.4, -0.2) is 24.7 Å². The Morgan fingerprint density at radius 1 is 1.19 bits per heavy atom. The van der Waals surface area contributed by atoms with Crippen molar-refractivity contribution in [3.8, 4) is 5.75 Å². The number of nitro benzene ring substituents is 1. The van der Waals surface area contributed by atoms with Crippen molar-refractivity contribution in [1.29, 1.82) is 0 Å². The lowest BCUT2D eigenvalue weighted by Gasteiger charge is -2.21. The second-order valence-electron chi connectivity index (χ2n) is 5.77. The number of rotatable bonds is 5. The van der Waals surface area contributed by atoms with Crippen LogP contribution < -0.4 is 10.1 Å². The van der Waals surface area contributed by atoms with E-state index in [0.29, 0.717) is 18.6 Å². The van der Waals surface area contributed by atoms with Crippen LogP contribution in [0.5, 0.6) is 5.75 Å². The summed E-state index contributed by atoms with van der Waals surface area (Å²) < 4.78 is 50.8. The maximum absolute atomic E-state index is 13.8. The summed E-state index contributed by atoms with van der Waals surface area (Å²) in [6.07, 6.45) is -0.165. The van der Waals surface area contributed by atoms with Crippen LogP contribution in [0.1, 0.15) is 18.1 Å². The second kappa shape index (κ2) is 7.20. The first kappa shape index (κ1) is 18.0. The summed E-state index contributed by atoms with van der Waals surface area (Å²) in [5.74, 6) is -2.99. The Kier molecular flexibility index (Phi) is 4.99. The van der Waals surface area contributed by atoms with Crippen molar-refractivity contribution >= 4 is 11.4 Å². The minimum Gasteiger partial charge on any atom is -0.494 e. The van der Waals surface area contributed by atoms with Crippen molar-refractivity contribution in [3.05, 3.63) is 63.5 Å². The molecule has 0 radical (unpaired) electrons. The number of anilines is 1. The molecule has 3 rings (SSSR count). The van der Waals surface area contributed by atoms with Gasteiger partial charge in [0.2, 0.25) is 0 Å². The van der Waals surface area contributed by atoms with Gasteiger partial charge in [0.1, 0.15) is 11.8 Å². The standard InChI is InChI=1S/C17H15F3N2O4/c1-25-16-8-14(15(22(23)24)7-12(16)20)21-13-4-5-26-17(13)9-2-3-10(18)11(19)6-9/h2-3,6-8,13,17,21H,4-5H2,1H3. The zero-order chi connectivity index (χ0) is 18.8. The van der Waals surface area contributed by atoms with Gasteiger partial charge in [-0.15, -0.1) is 0 Å². The molecule has 1 N–H and O–H groups in total. The van der Waals surface area contributed by atoms with Gasteiger partial charge in [0.25, 0.3) is 5.69 Å². The van der Waals surface area contributed by atoms with E-state index in [-0.39, 0.29) is 11.4 Å². The molecule has 1 saturated heterocycles. The predicted molar refractivity (Wildman–Crippen MR) is 86.7 cm³/mol. The SMILES string of the molecule is COc1cc(NC2CCOC2c2ccc(F)c(F)c2)c([N+](=O)[O-])cc1F. The van der Waals surface area contributed by atoms with Gasteiger partial charge in [-0.3, -0.25) is 10.1 Å². The lowest BCUT2D eigenvalue weighted by atomic mass is 10.0. The number of nitro groups is 1. The van der Waals surface area contributed by atoms with Gasteiger partial charge in [-0.1, -0.05) is 6.07 Å². The third-order valence-corrected chi connectivity index (χ3v) is 4.17. The van der Waals surface area contributed by atoms with Gasteiger partial charge in [0.15, 0.2) is 23.2 Å². The molecule has 9 heteroatoms. The van der Waals surface area contributed by atoms with Gasteiger partial charge in [0.05, 0.1) is 24.1 Å². The van der Waals surface area contributed by atoms with Crippen LogP contribution in [0.2, 0.25) is 0 Å². The number of hydrogen-bond acceptors (Lipinski definition) is 5. The fourth-order valence-corrected chi connectivity index (χ4v) is 2.92. The van der Waals surface area contributed by atoms with Gasteiger partial charge in [-0.2, -0.15) is 0 Å². The Morgan fingerprint density at radius 2 is 1.96 bits per heavy atom. The van der Waals surface area contributed by atoms with Crippen LogP contribution in [0.4, 0.5) is 24.5 Å². The molecule has 0 aromatic heterocycles. The summed E-state index contributed by atoms with van der Waals surface area (Å²) >= 11 is 0. The molecule has 2 aromatic rings. The highest BCUT2D eigenvalue weighted by molar-refractivity contribution is 5.65. The third-order valence-electron chi connectivity index (χ3n) is 4.17. The molecule has 6 nitrogen and oxygen atoms in total. The molecule has 26 heavy (non-hydrogen) atoms. The molecule has 0 bridgehead atoms. The largest absolute Gasteiger partial charge is 0.494 e. The number of methoxy groups -OCH3 is 1. The van der Waals surface area contributed by atoms with Crippen molar-refractivity contribution in [2.75, 3.05) is 19.0 Å². The van der Waals surface area contributed by atoms with Crippen molar-refractivity contribution in [3.63, 3.8) is 0 Å². The van der Waals surface area contributed by atoms with Crippen molar-refractivity contribution < 1.29 is 27.6 Å². The molecular weight excluding hydrogens is 353 g/mol. The second-order valence-corrected chi connectivity index (χ2v) is 5.77. The molecule has 2 aromatic carbocycles. The first-order chi connectivity index (χ1) is 12.4. The summed E-state index contributed by atoms with van der Waals surface area (Å²) in [6.45, 7) is 0.327. The van der Waals surface area contributed by atoms with E-state index in [4.69, 9.17) is 9.47 Å². The molecule has 2 unspecified atom stereocenters. The molecule has 0 aliphatic carbocycles. The zero-order valence-corrected chi connectivity index (χ0v) is 13.7. The minimum atomic E-state index is -1.01. The number of benzene rings is 2. The highest BCUT2D eigenvalue weighted by Crippen LogP contribution is 2.37. The summed E-state index contributed by atoms with van der Waals surface area (Å²) in [6, 6.07) is 4.92. The fourth-order valence-electron chi connectivity index (χ4n) is 2.92. The number of ether oxygens (including phenoxy) is 2. The number of halogens is 3. The molecule has 1 heterocycles.